The molecule has 1 aliphatic heterocycles. The highest BCUT2D eigenvalue weighted by Gasteiger charge is 2.44. The summed E-state index contributed by atoms with van der Waals surface area (Å²) in [6, 6.07) is 9.28. The molecule has 8 nitrogen and oxygen atoms in total. The van der Waals surface area contributed by atoms with Gasteiger partial charge in [0.25, 0.3) is 0 Å². The Balaban J connectivity index is 1.78. The van der Waals surface area contributed by atoms with Crippen molar-refractivity contribution in [2.75, 3.05) is 23.7 Å². The maximum Gasteiger partial charge on any atom is 0.348 e. The predicted octanol–water partition coefficient (Wildman–Crippen LogP) is 1.74. The highest BCUT2D eigenvalue weighted by molar-refractivity contribution is 5.78. The van der Waals surface area contributed by atoms with Crippen molar-refractivity contribution >= 4 is 17.7 Å². The van der Waals surface area contributed by atoms with E-state index in [0.717, 1.165) is 5.56 Å². The van der Waals surface area contributed by atoms with E-state index in [9.17, 15) is 9.90 Å². The minimum absolute atomic E-state index is 0.115. The number of ether oxygens (including phenoxy) is 1. The first kappa shape index (κ1) is 17.5. The number of carboxylic acids is 1. The van der Waals surface area contributed by atoms with Crippen molar-refractivity contribution in [3.05, 3.63) is 41.6 Å². The Morgan fingerprint density at radius 3 is 2.65 bits per heavy atom. The second kappa shape index (κ2) is 6.88. The van der Waals surface area contributed by atoms with Crippen LogP contribution in [0.2, 0.25) is 0 Å². The number of anilines is 2. The molecule has 1 fully saturated rings. The van der Waals surface area contributed by atoms with Gasteiger partial charge in [0.2, 0.25) is 11.5 Å². The zero-order chi connectivity index (χ0) is 18.7. The summed E-state index contributed by atoms with van der Waals surface area (Å²) in [6.45, 7) is 2.69. The molecule has 0 unspecified atom stereocenters. The molecule has 0 radical (unpaired) electrons. The number of hydrogen-bond acceptors (Lipinski definition) is 7. The molecule has 3 N–H and O–H groups in total. The van der Waals surface area contributed by atoms with Gasteiger partial charge < -0.3 is 20.5 Å². The topological polar surface area (TPSA) is 125 Å². The highest BCUT2D eigenvalue weighted by atomic mass is 16.5. The first-order valence-electron chi connectivity index (χ1n) is 8.21. The number of nitriles is 1. The Morgan fingerprint density at radius 1 is 1.38 bits per heavy atom. The number of aliphatic carboxylic acids is 1. The Morgan fingerprint density at radius 2 is 2.08 bits per heavy atom. The van der Waals surface area contributed by atoms with Gasteiger partial charge in [-0.1, -0.05) is 18.2 Å². The number of nitrogens with two attached hydrogens (primary N) is 1. The van der Waals surface area contributed by atoms with Crippen LogP contribution < -0.4 is 15.4 Å². The number of nitrogens with zero attached hydrogens (tertiary/aromatic N) is 4. The minimum Gasteiger partial charge on any atom is -0.478 e. The van der Waals surface area contributed by atoms with Gasteiger partial charge in [-0.15, -0.1) is 0 Å². The largest absolute Gasteiger partial charge is 0.478 e. The SMILES string of the molecule is Cc1ccccc1OC1(C(=O)O)CCN(c2ncc(C#N)c(N)n2)CC1. The summed E-state index contributed by atoms with van der Waals surface area (Å²) in [5.41, 5.74) is 5.55. The smallest absolute Gasteiger partial charge is 0.348 e. The van der Waals surface area contributed by atoms with E-state index in [1.54, 1.807) is 6.07 Å². The zero-order valence-electron chi connectivity index (χ0n) is 14.3. The molecule has 1 aromatic heterocycles. The quantitative estimate of drug-likeness (QED) is 0.851. The molecular formula is C18H19N5O3. The molecule has 0 saturated carbocycles. The van der Waals surface area contributed by atoms with Crippen LogP contribution in [0.5, 0.6) is 5.75 Å². The van der Waals surface area contributed by atoms with Crippen LogP contribution in [0.3, 0.4) is 0 Å². The average molecular weight is 353 g/mol. The molecule has 1 aliphatic rings. The van der Waals surface area contributed by atoms with Crippen LogP contribution in [0.25, 0.3) is 0 Å². The number of aryl methyl sites for hydroxylation is 1. The molecule has 2 heterocycles. The molecule has 1 aromatic carbocycles. The number of hydrogen-bond donors (Lipinski definition) is 2. The van der Waals surface area contributed by atoms with Crippen LogP contribution in [0.15, 0.2) is 30.5 Å². The lowest BCUT2D eigenvalue weighted by atomic mass is 9.91. The zero-order valence-corrected chi connectivity index (χ0v) is 14.3. The average Bonchev–Trinajstić information content (AvgIpc) is 2.64. The van der Waals surface area contributed by atoms with Crippen molar-refractivity contribution in [2.24, 2.45) is 0 Å². The van der Waals surface area contributed by atoms with Gasteiger partial charge in [0.15, 0.2) is 0 Å². The summed E-state index contributed by atoms with van der Waals surface area (Å²) in [7, 11) is 0. The molecule has 3 rings (SSSR count). The summed E-state index contributed by atoms with van der Waals surface area (Å²) >= 11 is 0. The van der Waals surface area contributed by atoms with E-state index in [0.29, 0.717) is 24.8 Å². The fraction of sp³-hybridized carbons (Fsp3) is 0.333. The van der Waals surface area contributed by atoms with E-state index in [-0.39, 0.29) is 24.2 Å². The van der Waals surface area contributed by atoms with Gasteiger partial charge in [-0.05, 0) is 18.6 Å². The van der Waals surface area contributed by atoms with Gasteiger partial charge in [-0.25, -0.2) is 9.78 Å². The number of piperidine rings is 1. The summed E-state index contributed by atoms with van der Waals surface area (Å²) in [5.74, 6) is 0.0861. The molecule has 8 heteroatoms. The number of para-hydroxylation sites is 1. The van der Waals surface area contributed by atoms with Crippen LogP contribution in [-0.2, 0) is 4.79 Å². The Bertz CT molecular complexity index is 869. The van der Waals surface area contributed by atoms with Crippen molar-refractivity contribution in [1.82, 2.24) is 9.97 Å². The van der Waals surface area contributed by atoms with Gasteiger partial charge in [-0.3, -0.25) is 0 Å². The van der Waals surface area contributed by atoms with Gasteiger partial charge in [-0.2, -0.15) is 10.2 Å². The summed E-state index contributed by atoms with van der Waals surface area (Å²) < 4.78 is 5.94. The fourth-order valence-electron chi connectivity index (χ4n) is 2.93. The lowest BCUT2D eigenvalue weighted by molar-refractivity contribution is -0.157. The molecule has 134 valence electrons. The Kier molecular flexibility index (Phi) is 4.63. The number of aromatic nitrogens is 2. The molecule has 0 spiro atoms. The standard InChI is InChI=1S/C18H19N5O3/c1-12-4-2-3-5-14(12)26-18(16(24)25)6-8-23(9-7-18)17-21-11-13(10-19)15(20)22-17/h2-5,11H,6-9H2,1H3,(H,24,25)(H2,20,21,22). The van der Waals surface area contributed by atoms with Crippen LogP contribution in [0.1, 0.15) is 24.0 Å². The number of rotatable bonds is 4. The van der Waals surface area contributed by atoms with Gasteiger partial charge >= 0.3 is 5.97 Å². The summed E-state index contributed by atoms with van der Waals surface area (Å²) in [6.07, 6.45) is 1.93. The van der Waals surface area contributed by atoms with Gasteiger partial charge in [0.05, 0.1) is 6.20 Å². The Hall–Kier alpha value is -3.34. The first-order valence-corrected chi connectivity index (χ1v) is 8.21. The monoisotopic (exact) mass is 353 g/mol. The number of carbonyl (C=O) groups is 1. The van der Waals surface area contributed by atoms with Crippen molar-refractivity contribution in [3.8, 4) is 11.8 Å². The summed E-state index contributed by atoms with van der Waals surface area (Å²) in [5, 5.41) is 18.7. The maximum absolute atomic E-state index is 11.9. The summed E-state index contributed by atoms with van der Waals surface area (Å²) in [4.78, 5) is 22.1. The van der Waals surface area contributed by atoms with Crippen LogP contribution in [0.4, 0.5) is 11.8 Å². The van der Waals surface area contributed by atoms with Crippen LogP contribution in [0, 0.1) is 18.3 Å². The fourth-order valence-corrected chi connectivity index (χ4v) is 2.93. The lowest BCUT2D eigenvalue weighted by Crippen LogP contribution is -2.53. The van der Waals surface area contributed by atoms with Crippen molar-refractivity contribution < 1.29 is 14.6 Å². The van der Waals surface area contributed by atoms with Crippen LogP contribution >= 0.6 is 0 Å². The van der Waals surface area contributed by atoms with E-state index in [4.69, 9.17) is 15.7 Å². The maximum atomic E-state index is 11.9. The Labute approximate surface area is 150 Å². The lowest BCUT2D eigenvalue weighted by Gasteiger charge is -2.39. The molecule has 26 heavy (non-hydrogen) atoms. The third-order valence-corrected chi connectivity index (χ3v) is 4.57. The third-order valence-electron chi connectivity index (χ3n) is 4.57. The second-order valence-electron chi connectivity index (χ2n) is 6.23. The van der Waals surface area contributed by atoms with E-state index >= 15 is 0 Å². The van der Waals surface area contributed by atoms with E-state index in [1.807, 2.05) is 36.1 Å². The highest BCUT2D eigenvalue weighted by Crippen LogP contribution is 2.32. The molecule has 0 atom stereocenters. The molecule has 2 aromatic rings. The number of carboxylic acid groups (broad SMARTS) is 1. The second-order valence-corrected chi connectivity index (χ2v) is 6.23. The predicted molar refractivity (Wildman–Crippen MR) is 94.8 cm³/mol. The first-order chi connectivity index (χ1) is 12.4. The molecule has 0 amide bonds. The third kappa shape index (κ3) is 3.24. The molecule has 0 bridgehead atoms. The van der Waals surface area contributed by atoms with Crippen molar-refractivity contribution in [1.29, 1.82) is 5.26 Å². The van der Waals surface area contributed by atoms with E-state index in [1.165, 1.54) is 6.20 Å². The van der Waals surface area contributed by atoms with E-state index < -0.39 is 11.6 Å². The number of benzene rings is 1. The van der Waals surface area contributed by atoms with Crippen molar-refractivity contribution in [3.63, 3.8) is 0 Å². The van der Waals surface area contributed by atoms with E-state index in [2.05, 4.69) is 9.97 Å². The molecular weight excluding hydrogens is 334 g/mol. The minimum atomic E-state index is -1.29. The normalized spacial score (nSPS) is 15.9. The van der Waals surface area contributed by atoms with Crippen LogP contribution in [-0.4, -0.2) is 39.7 Å². The van der Waals surface area contributed by atoms with Gasteiger partial charge in [0, 0.05) is 25.9 Å². The molecule has 0 aliphatic carbocycles. The van der Waals surface area contributed by atoms with Gasteiger partial charge in [0.1, 0.15) is 23.2 Å². The molecule has 1 saturated heterocycles. The number of nitrogen functional groups attached to an aromatic ring is 1. The van der Waals surface area contributed by atoms with Crippen molar-refractivity contribution in [2.45, 2.75) is 25.4 Å².